The first-order valence-electron chi connectivity index (χ1n) is 9.57. The Morgan fingerprint density at radius 2 is 1.61 bits per heavy atom. The van der Waals surface area contributed by atoms with E-state index in [1.165, 1.54) is 5.56 Å². The monoisotopic (exact) mass is 400 g/mol. The van der Waals surface area contributed by atoms with Gasteiger partial charge in [-0.25, -0.2) is 0 Å². The number of hydrogen-bond acceptors (Lipinski definition) is 4. The Morgan fingerprint density at radius 3 is 2.18 bits per heavy atom. The second kappa shape index (κ2) is 7.72. The normalized spacial score (nSPS) is 21.4. The number of benzene rings is 2. The van der Waals surface area contributed by atoms with Crippen molar-refractivity contribution in [2.75, 3.05) is 0 Å². The van der Waals surface area contributed by atoms with E-state index in [2.05, 4.69) is 32.9 Å². The average Bonchev–Trinajstić information content (AvgIpc) is 2.90. The fourth-order valence-corrected chi connectivity index (χ4v) is 4.65. The predicted molar refractivity (Wildman–Crippen MR) is 111 cm³/mol. The summed E-state index contributed by atoms with van der Waals surface area (Å²) in [5.41, 5.74) is 2.33. The lowest BCUT2D eigenvalue weighted by molar-refractivity contribution is 0.0407. The van der Waals surface area contributed by atoms with Crippen LogP contribution in [0, 0.1) is 0 Å². The number of hydrogen-bond donors (Lipinski definition) is 0. The molecule has 1 aliphatic rings. The van der Waals surface area contributed by atoms with Crippen LogP contribution in [0.15, 0.2) is 65.8 Å². The smallest absolute Gasteiger partial charge is 0.294 e. The van der Waals surface area contributed by atoms with Gasteiger partial charge >= 0.3 is 0 Å². The van der Waals surface area contributed by atoms with E-state index in [1.54, 1.807) is 0 Å². The Hall–Kier alpha value is -2.11. The molecule has 2 aromatic carbocycles. The second-order valence-electron chi connectivity index (χ2n) is 8.30. The zero-order chi connectivity index (χ0) is 20.4. The van der Waals surface area contributed by atoms with E-state index in [4.69, 9.17) is 8.92 Å². The van der Waals surface area contributed by atoms with Gasteiger partial charge in [0.15, 0.2) is 0 Å². The average molecular weight is 401 g/mol. The molecule has 0 N–H and O–H groups in total. The predicted octanol–water partition coefficient (Wildman–Crippen LogP) is 5.09. The van der Waals surface area contributed by atoms with Crippen LogP contribution in [0.3, 0.4) is 0 Å². The molecule has 0 amide bonds. The van der Waals surface area contributed by atoms with Gasteiger partial charge in [0.1, 0.15) is 18.0 Å². The third kappa shape index (κ3) is 4.65. The van der Waals surface area contributed by atoms with Gasteiger partial charge in [-0.2, -0.15) is 8.42 Å². The van der Waals surface area contributed by atoms with Gasteiger partial charge in [0, 0.05) is 6.42 Å². The maximum absolute atomic E-state index is 12.2. The van der Waals surface area contributed by atoms with Gasteiger partial charge in [0.05, 0.1) is 5.41 Å². The highest BCUT2D eigenvalue weighted by molar-refractivity contribution is 7.90. The van der Waals surface area contributed by atoms with Gasteiger partial charge < -0.3 is 4.74 Å². The van der Waals surface area contributed by atoms with Crippen molar-refractivity contribution < 1.29 is 17.3 Å². The van der Waals surface area contributed by atoms with Crippen LogP contribution in [0.5, 0.6) is 0 Å². The van der Waals surface area contributed by atoms with Crippen molar-refractivity contribution in [3.63, 3.8) is 0 Å². The van der Waals surface area contributed by atoms with Gasteiger partial charge in [-0.3, -0.25) is 4.18 Å². The van der Waals surface area contributed by atoms with Gasteiger partial charge in [-0.1, -0.05) is 82.3 Å². The molecule has 150 valence electrons. The Bertz CT molecular complexity index is 938. The van der Waals surface area contributed by atoms with Crippen molar-refractivity contribution in [1.82, 2.24) is 0 Å². The first-order valence-corrected chi connectivity index (χ1v) is 11.0. The van der Waals surface area contributed by atoms with E-state index in [0.29, 0.717) is 25.2 Å². The van der Waals surface area contributed by atoms with Crippen molar-refractivity contribution in [2.45, 2.75) is 58.2 Å². The highest BCUT2D eigenvalue weighted by Gasteiger charge is 2.46. The standard InChI is InChI=1S/C23H28O4S/c1-5-23(15-18-9-7-6-8-10-18)21(17-28(24,25)27-23)26-16-19-11-13-20(14-12-19)22(2,3)4/h6-14,17H,5,15-16H2,1-4H3. The van der Waals surface area contributed by atoms with Crippen molar-refractivity contribution in [3.05, 3.63) is 82.5 Å². The van der Waals surface area contributed by atoms with Crippen LogP contribution < -0.4 is 0 Å². The molecule has 0 spiro atoms. The zero-order valence-corrected chi connectivity index (χ0v) is 17.8. The molecule has 0 saturated heterocycles. The maximum Gasteiger partial charge on any atom is 0.294 e. The summed E-state index contributed by atoms with van der Waals surface area (Å²) >= 11 is 0. The molecule has 2 aromatic rings. The third-order valence-electron chi connectivity index (χ3n) is 5.09. The quantitative estimate of drug-likeness (QED) is 0.634. The fourth-order valence-electron chi connectivity index (χ4n) is 3.35. The molecule has 5 heteroatoms. The van der Waals surface area contributed by atoms with E-state index >= 15 is 0 Å². The van der Waals surface area contributed by atoms with E-state index < -0.39 is 15.7 Å². The molecule has 0 radical (unpaired) electrons. The Balaban J connectivity index is 1.79. The first kappa shape index (κ1) is 20.6. The van der Waals surface area contributed by atoms with Crippen LogP contribution in [0.1, 0.15) is 50.8 Å². The molecule has 3 rings (SSSR count). The fraction of sp³-hybridized carbons (Fsp3) is 0.391. The molecule has 28 heavy (non-hydrogen) atoms. The topological polar surface area (TPSA) is 52.6 Å². The van der Waals surface area contributed by atoms with Gasteiger partial charge in [0.2, 0.25) is 0 Å². The molecule has 1 heterocycles. The lowest BCUT2D eigenvalue weighted by Gasteiger charge is -2.29. The summed E-state index contributed by atoms with van der Waals surface area (Å²) in [5.74, 6) is 0.374. The number of ether oxygens (including phenoxy) is 1. The molecule has 1 atom stereocenters. The van der Waals surface area contributed by atoms with Gasteiger partial charge in [-0.05, 0) is 28.5 Å². The molecule has 1 aliphatic heterocycles. The molecule has 4 nitrogen and oxygen atoms in total. The minimum atomic E-state index is -3.75. The molecule has 1 unspecified atom stereocenters. The van der Waals surface area contributed by atoms with E-state index in [1.807, 2.05) is 49.4 Å². The summed E-state index contributed by atoms with van der Waals surface area (Å²) < 4.78 is 35.9. The van der Waals surface area contributed by atoms with Gasteiger partial charge in [0.25, 0.3) is 10.1 Å². The first-order chi connectivity index (χ1) is 13.1. The van der Waals surface area contributed by atoms with Gasteiger partial charge in [-0.15, -0.1) is 0 Å². The third-order valence-corrected chi connectivity index (χ3v) is 6.15. The SMILES string of the molecule is CCC1(Cc2ccccc2)OS(=O)(=O)C=C1OCc1ccc(C(C)(C)C)cc1. The summed E-state index contributed by atoms with van der Waals surface area (Å²) in [7, 11) is -3.75. The van der Waals surface area contributed by atoms with Crippen molar-refractivity contribution in [1.29, 1.82) is 0 Å². The molecule has 0 bridgehead atoms. The van der Waals surface area contributed by atoms with Crippen molar-refractivity contribution in [2.24, 2.45) is 0 Å². The molecule has 0 fully saturated rings. The summed E-state index contributed by atoms with van der Waals surface area (Å²) in [6.45, 7) is 8.72. The van der Waals surface area contributed by atoms with E-state index in [9.17, 15) is 8.42 Å². The zero-order valence-electron chi connectivity index (χ0n) is 16.9. The summed E-state index contributed by atoms with van der Waals surface area (Å²) in [5, 5.41) is 1.13. The summed E-state index contributed by atoms with van der Waals surface area (Å²) in [6, 6.07) is 18.0. The molecular weight excluding hydrogens is 372 g/mol. The maximum atomic E-state index is 12.2. The van der Waals surface area contributed by atoms with Crippen LogP contribution in [0.25, 0.3) is 0 Å². The highest BCUT2D eigenvalue weighted by Crippen LogP contribution is 2.39. The summed E-state index contributed by atoms with van der Waals surface area (Å²) in [6.07, 6.45) is 0.939. The van der Waals surface area contributed by atoms with Crippen LogP contribution in [-0.4, -0.2) is 14.0 Å². The van der Waals surface area contributed by atoms with Crippen molar-refractivity contribution >= 4 is 10.1 Å². The van der Waals surface area contributed by atoms with E-state index in [-0.39, 0.29) is 5.41 Å². The van der Waals surface area contributed by atoms with Crippen LogP contribution in [-0.2, 0) is 37.5 Å². The van der Waals surface area contributed by atoms with Crippen LogP contribution >= 0.6 is 0 Å². The lowest BCUT2D eigenvalue weighted by Crippen LogP contribution is -2.35. The molecule has 0 aliphatic carbocycles. The number of rotatable bonds is 6. The Kier molecular flexibility index (Phi) is 5.69. The van der Waals surface area contributed by atoms with Crippen LogP contribution in [0.2, 0.25) is 0 Å². The minimum Gasteiger partial charge on any atom is -0.489 e. The largest absolute Gasteiger partial charge is 0.489 e. The van der Waals surface area contributed by atoms with Crippen LogP contribution in [0.4, 0.5) is 0 Å². The minimum absolute atomic E-state index is 0.0856. The Morgan fingerprint density at radius 1 is 0.964 bits per heavy atom. The summed E-state index contributed by atoms with van der Waals surface area (Å²) in [4.78, 5) is 0. The van der Waals surface area contributed by atoms with Crippen molar-refractivity contribution in [3.8, 4) is 0 Å². The second-order valence-corrected chi connectivity index (χ2v) is 9.69. The molecular formula is C23H28O4S. The molecule has 0 aromatic heterocycles. The Labute approximate surface area is 168 Å². The lowest BCUT2D eigenvalue weighted by atomic mass is 9.87. The highest BCUT2D eigenvalue weighted by atomic mass is 32.2. The van der Waals surface area contributed by atoms with E-state index in [0.717, 1.165) is 16.5 Å². The molecule has 0 saturated carbocycles.